The average molecular weight is 462 g/mol. The Morgan fingerprint density at radius 1 is 1.18 bits per heavy atom. The van der Waals surface area contributed by atoms with E-state index in [1.807, 2.05) is 41.3 Å². The molecular formula is C27H31N3O4. The number of ether oxygens (including phenoxy) is 3. The first-order valence-corrected chi connectivity index (χ1v) is 12.1. The van der Waals surface area contributed by atoms with Gasteiger partial charge in [0.15, 0.2) is 0 Å². The monoisotopic (exact) mass is 461 g/mol. The van der Waals surface area contributed by atoms with E-state index in [9.17, 15) is 4.79 Å². The number of unbranched alkanes of at least 4 members (excludes halogenated alkanes) is 1. The quantitative estimate of drug-likeness (QED) is 0.455. The molecule has 0 radical (unpaired) electrons. The topological polar surface area (TPSA) is 76.7 Å². The van der Waals surface area contributed by atoms with Crippen molar-refractivity contribution in [1.29, 1.82) is 0 Å². The number of hydrogen-bond acceptors (Lipinski definition) is 5. The number of benzene rings is 2. The molecular weight excluding hydrogens is 430 g/mol. The van der Waals surface area contributed by atoms with Crippen LogP contribution in [0.25, 0.3) is 11.3 Å². The number of fused-ring (bicyclic) bond motifs is 1. The van der Waals surface area contributed by atoms with E-state index in [-0.39, 0.29) is 18.1 Å². The largest absolute Gasteiger partial charge is 0.497 e. The van der Waals surface area contributed by atoms with Crippen LogP contribution in [-0.4, -0.2) is 54.0 Å². The second-order valence-electron chi connectivity index (χ2n) is 8.86. The number of aromatic amines is 1. The molecule has 0 bridgehead atoms. The van der Waals surface area contributed by atoms with Crippen LogP contribution in [-0.2, 0) is 4.74 Å². The highest BCUT2D eigenvalue weighted by atomic mass is 16.5. The number of hydrogen-bond donors (Lipinski definition) is 1. The van der Waals surface area contributed by atoms with E-state index in [2.05, 4.69) is 29.3 Å². The zero-order chi connectivity index (χ0) is 23.5. The molecule has 0 spiro atoms. The summed E-state index contributed by atoms with van der Waals surface area (Å²) < 4.78 is 17.2. The van der Waals surface area contributed by atoms with Crippen LogP contribution >= 0.6 is 0 Å². The number of carbonyl (C=O) groups is 1. The molecule has 1 fully saturated rings. The van der Waals surface area contributed by atoms with Crippen molar-refractivity contribution in [2.45, 2.75) is 44.8 Å². The first-order chi connectivity index (χ1) is 16.7. The summed E-state index contributed by atoms with van der Waals surface area (Å²) in [6, 6.07) is 15.6. The fourth-order valence-electron chi connectivity index (χ4n) is 4.82. The summed E-state index contributed by atoms with van der Waals surface area (Å²) in [5.74, 6) is 1.55. The number of nitrogens with one attached hydrogen (secondary N) is 1. The Bertz CT molecular complexity index is 1140. The number of aromatic nitrogens is 2. The van der Waals surface area contributed by atoms with Gasteiger partial charge in [0.2, 0.25) is 0 Å². The predicted octanol–water partition coefficient (Wildman–Crippen LogP) is 4.99. The Morgan fingerprint density at radius 2 is 2.03 bits per heavy atom. The van der Waals surface area contributed by atoms with E-state index in [1.165, 1.54) is 0 Å². The third-order valence-electron chi connectivity index (χ3n) is 6.59. The van der Waals surface area contributed by atoms with Crippen molar-refractivity contribution in [1.82, 2.24) is 15.1 Å². The van der Waals surface area contributed by atoms with Gasteiger partial charge in [0.05, 0.1) is 31.6 Å². The summed E-state index contributed by atoms with van der Waals surface area (Å²) in [4.78, 5) is 15.5. The number of carbonyl (C=O) groups excluding carboxylic acids is 1. The molecule has 2 aliphatic rings. The number of H-pyrrole nitrogens is 1. The van der Waals surface area contributed by atoms with Crippen LogP contribution in [0.2, 0.25) is 0 Å². The van der Waals surface area contributed by atoms with Gasteiger partial charge in [-0.05, 0) is 61.2 Å². The smallest absolute Gasteiger partial charge is 0.273 e. The van der Waals surface area contributed by atoms with Crippen molar-refractivity contribution >= 4 is 5.91 Å². The van der Waals surface area contributed by atoms with Gasteiger partial charge in [0, 0.05) is 24.3 Å². The Hall–Kier alpha value is -3.32. The lowest BCUT2D eigenvalue weighted by Gasteiger charge is -2.28. The molecule has 1 N–H and O–H groups in total. The third-order valence-corrected chi connectivity index (χ3v) is 6.59. The SMILES string of the molecule is CCCCOc1cccc(C2c3c(-c4ccc(OC)cc4)n[nH]c3C(=O)N2CC2CCCO2)c1. The molecule has 0 saturated carbocycles. The summed E-state index contributed by atoms with van der Waals surface area (Å²) in [5.41, 5.74) is 4.17. The predicted molar refractivity (Wildman–Crippen MR) is 129 cm³/mol. The third kappa shape index (κ3) is 4.28. The molecule has 7 nitrogen and oxygen atoms in total. The highest BCUT2D eigenvalue weighted by Crippen LogP contribution is 2.44. The molecule has 2 aliphatic heterocycles. The molecule has 2 atom stereocenters. The van der Waals surface area contributed by atoms with Crippen LogP contribution in [0.1, 0.15) is 60.3 Å². The normalized spacial score (nSPS) is 19.5. The van der Waals surface area contributed by atoms with Gasteiger partial charge in [0.1, 0.15) is 17.2 Å². The van der Waals surface area contributed by atoms with Crippen molar-refractivity contribution in [2.24, 2.45) is 0 Å². The zero-order valence-electron chi connectivity index (χ0n) is 19.8. The lowest BCUT2D eigenvalue weighted by atomic mass is 9.95. The molecule has 2 aromatic carbocycles. The first kappa shape index (κ1) is 22.5. The second-order valence-corrected chi connectivity index (χ2v) is 8.86. The average Bonchev–Trinajstić information content (AvgIpc) is 3.59. The number of nitrogens with zero attached hydrogens (tertiary/aromatic N) is 2. The van der Waals surface area contributed by atoms with Crippen molar-refractivity contribution in [2.75, 3.05) is 26.9 Å². The molecule has 0 aliphatic carbocycles. The molecule has 5 rings (SSSR count). The summed E-state index contributed by atoms with van der Waals surface area (Å²) in [7, 11) is 1.65. The van der Waals surface area contributed by atoms with E-state index in [1.54, 1.807) is 7.11 Å². The van der Waals surface area contributed by atoms with Gasteiger partial charge >= 0.3 is 0 Å². The minimum absolute atomic E-state index is 0.0416. The van der Waals surface area contributed by atoms with Crippen LogP contribution < -0.4 is 9.47 Å². The number of amides is 1. The Morgan fingerprint density at radius 3 is 2.76 bits per heavy atom. The fourth-order valence-corrected chi connectivity index (χ4v) is 4.82. The highest BCUT2D eigenvalue weighted by Gasteiger charge is 2.43. The molecule has 34 heavy (non-hydrogen) atoms. The molecule has 3 aromatic rings. The minimum atomic E-state index is -0.266. The summed E-state index contributed by atoms with van der Waals surface area (Å²) in [6.45, 7) is 4.13. The summed E-state index contributed by atoms with van der Waals surface area (Å²) in [6.07, 6.45) is 4.13. The van der Waals surface area contributed by atoms with Gasteiger partial charge in [-0.1, -0.05) is 25.5 Å². The molecule has 1 aromatic heterocycles. The van der Waals surface area contributed by atoms with Crippen LogP contribution in [0.4, 0.5) is 0 Å². The van der Waals surface area contributed by atoms with Gasteiger partial charge in [-0.3, -0.25) is 9.89 Å². The highest BCUT2D eigenvalue weighted by molar-refractivity contribution is 6.00. The van der Waals surface area contributed by atoms with Crippen molar-refractivity contribution < 1.29 is 19.0 Å². The summed E-state index contributed by atoms with van der Waals surface area (Å²) in [5, 5.41) is 7.59. The molecule has 7 heteroatoms. The second kappa shape index (κ2) is 9.89. The molecule has 178 valence electrons. The Labute approximate surface area is 200 Å². The maximum absolute atomic E-state index is 13.6. The van der Waals surface area contributed by atoms with Crippen molar-refractivity contribution in [3.63, 3.8) is 0 Å². The Balaban J connectivity index is 1.55. The van der Waals surface area contributed by atoms with Gasteiger partial charge in [-0.25, -0.2) is 0 Å². The van der Waals surface area contributed by atoms with E-state index in [0.717, 1.165) is 66.2 Å². The molecule has 3 heterocycles. The first-order valence-electron chi connectivity index (χ1n) is 12.1. The van der Waals surface area contributed by atoms with Crippen LogP contribution in [0.15, 0.2) is 48.5 Å². The molecule has 1 saturated heterocycles. The van der Waals surface area contributed by atoms with Gasteiger partial charge in [-0.2, -0.15) is 5.10 Å². The summed E-state index contributed by atoms with van der Waals surface area (Å²) >= 11 is 0. The van der Waals surface area contributed by atoms with Crippen LogP contribution in [0.5, 0.6) is 11.5 Å². The van der Waals surface area contributed by atoms with Gasteiger partial charge in [0.25, 0.3) is 5.91 Å². The fraction of sp³-hybridized carbons (Fsp3) is 0.407. The van der Waals surface area contributed by atoms with Crippen molar-refractivity contribution in [3.8, 4) is 22.8 Å². The lowest BCUT2D eigenvalue weighted by molar-refractivity contribution is 0.0495. The van der Waals surface area contributed by atoms with Gasteiger partial charge in [-0.15, -0.1) is 0 Å². The standard InChI is InChI=1S/C27H31N3O4/c1-3-4-14-33-21-8-5-7-19(16-21)26-23-24(18-10-12-20(32-2)13-11-18)28-29-25(23)27(31)30(26)17-22-9-6-15-34-22/h5,7-8,10-13,16,22,26H,3-4,6,9,14-15,17H2,1-2H3,(H,28,29). The number of methoxy groups -OCH3 is 1. The lowest BCUT2D eigenvalue weighted by Crippen LogP contribution is -2.36. The van der Waals surface area contributed by atoms with E-state index in [0.29, 0.717) is 18.8 Å². The van der Waals surface area contributed by atoms with Crippen LogP contribution in [0.3, 0.4) is 0 Å². The Kier molecular flexibility index (Phi) is 6.54. The maximum Gasteiger partial charge on any atom is 0.273 e. The number of rotatable bonds is 9. The van der Waals surface area contributed by atoms with E-state index < -0.39 is 0 Å². The zero-order valence-corrected chi connectivity index (χ0v) is 19.8. The van der Waals surface area contributed by atoms with Gasteiger partial charge < -0.3 is 19.1 Å². The maximum atomic E-state index is 13.6. The molecule has 2 unspecified atom stereocenters. The van der Waals surface area contributed by atoms with Crippen LogP contribution in [0, 0.1) is 0 Å². The minimum Gasteiger partial charge on any atom is -0.497 e. The van der Waals surface area contributed by atoms with E-state index >= 15 is 0 Å². The van der Waals surface area contributed by atoms with Crippen molar-refractivity contribution in [3.05, 3.63) is 65.4 Å². The molecule has 1 amide bonds. The van der Waals surface area contributed by atoms with E-state index in [4.69, 9.17) is 14.2 Å².